The first-order chi connectivity index (χ1) is 18.0. The highest BCUT2D eigenvalue weighted by Gasteiger charge is 2.30. The summed E-state index contributed by atoms with van der Waals surface area (Å²) in [5, 5.41) is 0. The van der Waals surface area contributed by atoms with Crippen molar-refractivity contribution in [1.82, 2.24) is 19.8 Å². The first kappa shape index (κ1) is 25.0. The number of para-hydroxylation sites is 2. The van der Waals surface area contributed by atoms with Gasteiger partial charge < -0.3 is 24.3 Å². The number of carbonyl (C=O) groups excluding carboxylic acids is 1. The van der Waals surface area contributed by atoms with Crippen LogP contribution < -0.4 is 14.5 Å². The van der Waals surface area contributed by atoms with Gasteiger partial charge in [0.25, 0.3) is 5.91 Å². The molecule has 0 radical (unpaired) electrons. The van der Waals surface area contributed by atoms with Gasteiger partial charge in [-0.2, -0.15) is 0 Å². The van der Waals surface area contributed by atoms with E-state index < -0.39 is 0 Å². The molecule has 0 spiro atoms. The van der Waals surface area contributed by atoms with Crippen molar-refractivity contribution in [3.8, 4) is 17.1 Å². The lowest BCUT2D eigenvalue weighted by Gasteiger charge is -2.38. The fourth-order valence-corrected chi connectivity index (χ4v) is 5.29. The van der Waals surface area contributed by atoms with Crippen LogP contribution in [0, 0.1) is 0 Å². The van der Waals surface area contributed by atoms with Crippen molar-refractivity contribution in [1.29, 1.82) is 0 Å². The Balaban J connectivity index is 1.39. The van der Waals surface area contributed by atoms with E-state index in [1.54, 1.807) is 13.3 Å². The zero-order valence-electron chi connectivity index (χ0n) is 22.0. The number of benzene rings is 2. The van der Waals surface area contributed by atoms with Crippen LogP contribution in [0.3, 0.4) is 0 Å². The Morgan fingerprint density at radius 1 is 0.946 bits per heavy atom. The predicted octanol–water partition coefficient (Wildman–Crippen LogP) is 3.65. The van der Waals surface area contributed by atoms with Crippen LogP contribution >= 0.6 is 0 Å². The number of hydrogen-bond acceptors (Lipinski definition) is 7. The number of piperidine rings is 1. The molecule has 8 heteroatoms. The lowest BCUT2D eigenvalue weighted by molar-refractivity contribution is 0.0746. The Morgan fingerprint density at radius 2 is 1.62 bits per heavy atom. The minimum absolute atomic E-state index is 0.00549. The molecule has 2 aliphatic heterocycles. The van der Waals surface area contributed by atoms with Gasteiger partial charge in [0, 0.05) is 51.0 Å². The molecule has 0 unspecified atom stereocenters. The lowest BCUT2D eigenvalue weighted by Crippen LogP contribution is -2.49. The molecule has 0 saturated carbocycles. The highest BCUT2D eigenvalue weighted by molar-refractivity contribution is 5.99. The van der Waals surface area contributed by atoms with E-state index in [1.165, 1.54) is 0 Å². The number of hydrogen-bond donors (Lipinski definition) is 0. The summed E-state index contributed by atoms with van der Waals surface area (Å²) < 4.78 is 5.55. The molecule has 1 amide bonds. The third kappa shape index (κ3) is 5.39. The van der Waals surface area contributed by atoms with Crippen LogP contribution in [0.5, 0.6) is 5.75 Å². The average Bonchev–Trinajstić information content (AvgIpc) is 2.97. The first-order valence-corrected chi connectivity index (χ1v) is 13.1. The Hall–Kier alpha value is -3.65. The lowest BCUT2D eigenvalue weighted by atomic mass is 10.0. The molecule has 37 heavy (non-hydrogen) atoms. The van der Waals surface area contributed by atoms with Gasteiger partial charge in [-0.05, 0) is 45.1 Å². The van der Waals surface area contributed by atoms with Gasteiger partial charge in [-0.3, -0.25) is 4.79 Å². The van der Waals surface area contributed by atoms with E-state index in [9.17, 15) is 4.79 Å². The fourth-order valence-electron chi connectivity index (χ4n) is 5.29. The number of aromatic nitrogens is 2. The van der Waals surface area contributed by atoms with Crippen molar-refractivity contribution in [2.24, 2.45) is 0 Å². The Labute approximate surface area is 219 Å². The van der Waals surface area contributed by atoms with E-state index in [4.69, 9.17) is 9.72 Å². The molecule has 0 N–H and O–H groups in total. The van der Waals surface area contributed by atoms with E-state index in [0.717, 1.165) is 61.8 Å². The maximum Gasteiger partial charge on any atom is 0.259 e. The van der Waals surface area contributed by atoms with E-state index in [1.807, 2.05) is 53.4 Å². The molecule has 3 heterocycles. The summed E-state index contributed by atoms with van der Waals surface area (Å²) in [6, 6.07) is 18.3. The third-order valence-electron chi connectivity index (χ3n) is 7.59. The highest BCUT2D eigenvalue weighted by Crippen LogP contribution is 2.30. The standard InChI is InChI=1S/C29H36N6O2/c1-32-15-13-23(14-16-32)33(2)28-24(21-30-27(31-28)22-9-5-4-6-10-22)29(36)35-19-17-34(18-20-35)25-11-7-8-12-26(25)37-3/h4-12,21,23H,13-20H2,1-3H3. The van der Waals surface area contributed by atoms with Crippen LogP contribution in [0.4, 0.5) is 11.5 Å². The second-order valence-corrected chi connectivity index (χ2v) is 9.89. The highest BCUT2D eigenvalue weighted by atomic mass is 16.5. The van der Waals surface area contributed by atoms with Crippen LogP contribution in [0.2, 0.25) is 0 Å². The van der Waals surface area contributed by atoms with E-state index in [2.05, 4.69) is 39.8 Å². The van der Waals surface area contributed by atoms with Gasteiger partial charge in [0.2, 0.25) is 0 Å². The summed E-state index contributed by atoms with van der Waals surface area (Å²) in [5.74, 6) is 2.22. The molecule has 1 aromatic heterocycles. The van der Waals surface area contributed by atoms with Crippen LogP contribution in [-0.2, 0) is 0 Å². The zero-order chi connectivity index (χ0) is 25.8. The fraction of sp³-hybridized carbons (Fsp3) is 0.414. The predicted molar refractivity (Wildman–Crippen MR) is 148 cm³/mol. The Bertz CT molecular complexity index is 1200. The van der Waals surface area contributed by atoms with Crippen LogP contribution in [0.15, 0.2) is 60.8 Å². The third-order valence-corrected chi connectivity index (χ3v) is 7.59. The summed E-state index contributed by atoms with van der Waals surface area (Å²) in [4.78, 5) is 32.2. The molecule has 0 atom stereocenters. The van der Waals surface area contributed by atoms with Crippen molar-refractivity contribution in [3.63, 3.8) is 0 Å². The molecule has 8 nitrogen and oxygen atoms in total. The largest absolute Gasteiger partial charge is 0.495 e. The number of ether oxygens (including phenoxy) is 1. The quantitative estimate of drug-likeness (QED) is 0.512. The molecule has 2 fully saturated rings. The molecular formula is C29H36N6O2. The van der Waals surface area contributed by atoms with Gasteiger partial charge in [0.15, 0.2) is 5.82 Å². The summed E-state index contributed by atoms with van der Waals surface area (Å²) in [6.45, 7) is 4.84. The summed E-state index contributed by atoms with van der Waals surface area (Å²) in [7, 11) is 5.93. The van der Waals surface area contributed by atoms with Crippen molar-refractivity contribution < 1.29 is 9.53 Å². The monoisotopic (exact) mass is 500 g/mol. The van der Waals surface area contributed by atoms with Crippen LogP contribution in [0.25, 0.3) is 11.4 Å². The molecule has 2 saturated heterocycles. The second kappa shape index (κ2) is 11.2. The average molecular weight is 501 g/mol. The number of rotatable bonds is 6. The number of likely N-dealkylation sites (tertiary alicyclic amines) is 1. The van der Waals surface area contributed by atoms with Gasteiger partial charge in [-0.1, -0.05) is 42.5 Å². The number of nitrogens with zero attached hydrogens (tertiary/aromatic N) is 6. The molecule has 0 bridgehead atoms. The topological polar surface area (TPSA) is 65.0 Å². The Kier molecular flexibility index (Phi) is 7.55. The SMILES string of the molecule is COc1ccccc1N1CCN(C(=O)c2cnc(-c3ccccc3)nc2N(C)C2CCN(C)CC2)CC1. The number of amides is 1. The van der Waals surface area contributed by atoms with Gasteiger partial charge in [-0.15, -0.1) is 0 Å². The Morgan fingerprint density at radius 3 is 2.32 bits per heavy atom. The minimum Gasteiger partial charge on any atom is -0.495 e. The molecule has 2 aliphatic rings. The van der Waals surface area contributed by atoms with Crippen LogP contribution in [-0.4, -0.2) is 92.2 Å². The molecule has 2 aromatic carbocycles. The van der Waals surface area contributed by atoms with Gasteiger partial charge >= 0.3 is 0 Å². The van der Waals surface area contributed by atoms with Gasteiger partial charge in [0.1, 0.15) is 17.1 Å². The number of methoxy groups -OCH3 is 1. The molecule has 3 aromatic rings. The number of carbonyl (C=O) groups is 1. The van der Waals surface area contributed by atoms with Crippen molar-refractivity contribution in [2.45, 2.75) is 18.9 Å². The summed E-state index contributed by atoms with van der Waals surface area (Å²) in [6.07, 6.45) is 3.82. The van der Waals surface area contributed by atoms with Gasteiger partial charge in [0.05, 0.1) is 12.8 Å². The second-order valence-electron chi connectivity index (χ2n) is 9.89. The first-order valence-electron chi connectivity index (χ1n) is 13.1. The van der Waals surface area contributed by atoms with Gasteiger partial charge in [-0.25, -0.2) is 9.97 Å². The van der Waals surface area contributed by atoms with E-state index in [0.29, 0.717) is 30.5 Å². The molecular weight excluding hydrogens is 464 g/mol. The van der Waals surface area contributed by atoms with Crippen molar-refractivity contribution >= 4 is 17.4 Å². The van der Waals surface area contributed by atoms with E-state index >= 15 is 0 Å². The van der Waals surface area contributed by atoms with Crippen LogP contribution in [0.1, 0.15) is 23.2 Å². The molecule has 194 valence electrons. The minimum atomic E-state index is -0.00549. The molecule has 5 rings (SSSR count). The maximum absolute atomic E-state index is 13.8. The maximum atomic E-state index is 13.8. The summed E-state index contributed by atoms with van der Waals surface area (Å²) >= 11 is 0. The summed E-state index contributed by atoms with van der Waals surface area (Å²) in [5.41, 5.74) is 2.59. The molecule has 0 aliphatic carbocycles. The normalized spacial score (nSPS) is 17.1. The van der Waals surface area contributed by atoms with Crippen molar-refractivity contribution in [2.75, 3.05) is 70.3 Å². The van der Waals surface area contributed by atoms with Crippen molar-refractivity contribution in [3.05, 3.63) is 66.4 Å². The number of anilines is 2. The van der Waals surface area contributed by atoms with E-state index in [-0.39, 0.29) is 5.91 Å². The zero-order valence-corrected chi connectivity index (χ0v) is 22.0. The smallest absolute Gasteiger partial charge is 0.259 e. The number of piperazine rings is 1.